The third-order valence-electron chi connectivity index (χ3n) is 2.69. The lowest BCUT2D eigenvalue weighted by Gasteiger charge is -2.03. The molecule has 1 nitrogen and oxygen atoms in total. The van der Waals surface area contributed by atoms with Gasteiger partial charge in [0.1, 0.15) is 6.79 Å². The maximum atomic E-state index is 8.00. The zero-order chi connectivity index (χ0) is 12.3. The van der Waals surface area contributed by atoms with E-state index in [2.05, 4.69) is 77.2 Å². The van der Waals surface area contributed by atoms with Crippen LogP contribution in [0.5, 0.6) is 0 Å². The van der Waals surface area contributed by atoms with E-state index in [0.29, 0.717) is 0 Å². The van der Waals surface area contributed by atoms with E-state index in [-0.39, 0.29) is 0 Å². The van der Waals surface area contributed by atoms with Gasteiger partial charge in [-0.3, -0.25) is 0 Å². The Labute approximate surface area is 114 Å². The summed E-state index contributed by atoms with van der Waals surface area (Å²) in [6.45, 7) is 2.00. The first-order valence-electron chi connectivity index (χ1n) is 5.20. The molecule has 0 aliphatic rings. The van der Waals surface area contributed by atoms with Crippen molar-refractivity contribution in [1.29, 1.82) is 0 Å². The molecule has 0 heterocycles. The molecule has 0 atom stereocenters. The van der Waals surface area contributed by atoms with Gasteiger partial charge in [0.15, 0.2) is 0 Å². The molecule has 0 radical (unpaired) electrons. The average molecular weight is 334 g/mol. The van der Waals surface area contributed by atoms with Crippen molar-refractivity contribution < 1.29 is 4.79 Å². The van der Waals surface area contributed by atoms with Crippen LogP contribution in [0.25, 0.3) is 21.5 Å². The largest absolute Gasteiger partial charge is 0.307 e. The molecule has 0 aliphatic heterocycles. The van der Waals surface area contributed by atoms with E-state index in [4.69, 9.17) is 4.79 Å². The summed E-state index contributed by atoms with van der Waals surface area (Å²) < 4.78 is 1.32. The number of fused-ring (bicyclic) bond motifs is 2. The van der Waals surface area contributed by atoms with Crippen LogP contribution in [-0.2, 0) is 4.79 Å². The van der Waals surface area contributed by atoms with Gasteiger partial charge in [0, 0.05) is 3.57 Å². The van der Waals surface area contributed by atoms with Gasteiger partial charge in [-0.2, -0.15) is 0 Å². The van der Waals surface area contributed by atoms with Crippen LogP contribution in [0.15, 0.2) is 54.6 Å². The highest BCUT2D eigenvalue weighted by molar-refractivity contribution is 14.1. The van der Waals surface area contributed by atoms with Crippen molar-refractivity contribution in [3.05, 3.63) is 58.2 Å². The lowest BCUT2D eigenvalue weighted by atomic mass is 10.0. The Morgan fingerprint density at radius 1 is 0.765 bits per heavy atom. The molecule has 0 spiro atoms. The van der Waals surface area contributed by atoms with E-state index >= 15 is 0 Å². The summed E-state index contributed by atoms with van der Waals surface area (Å²) in [6, 6.07) is 19.5. The van der Waals surface area contributed by atoms with Crippen LogP contribution in [0.3, 0.4) is 0 Å². The minimum Gasteiger partial charge on any atom is -0.307 e. The summed E-state index contributed by atoms with van der Waals surface area (Å²) in [5.41, 5.74) is 0. The molecule has 0 amide bonds. The van der Waals surface area contributed by atoms with Crippen molar-refractivity contribution in [1.82, 2.24) is 0 Å². The third-order valence-corrected chi connectivity index (χ3v) is 3.63. The molecule has 0 aliphatic carbocycles. The predicted molar refractivity (Wildman–Crippen MR) is 81.3 cm³/mol. The molecule has 17 heavy (non-hydrogen) atoms. The summed E-state index contributed by atoms with van der Waals surface area (Å²) in [7, 11) is 0. The Kier molecular flexibility index (Phi) is 3.74. The van der Waals surface area contributed by atoms with Gasteiger partial charge in [-0.1, -0.05) is 36.4 Å². The topological polar surface area (TPSA) is 17.1 Å². The van der Waals surface area contributed by atoms with Gasteiger partial charge in [0.2, 0.25) is 0 Å². The van der Waals surface area contributed by atoms with E-state index in [1.54, 1.807) is 0 Å². The number of carbonyl (C=O) groups excluding carboxylic acids is 1. The number of hydrogen-bond acceptors (Lipinski definition) is 1. The van der Waals surface area contributed by atoms with Gasteiger partial charge in [-0.05, 0) is 62.3 Å². The van der Waals surface area contributed by atoms with Crippen LogP contribution in [0.1, 0.15) is 0 Å². The molecule has 0 aromatic heterocycles. The standard InChI is InChI=1S/C14H9I.CH2O/c15-14-7-3-6-12-8-10-4-1-2-5-11(10)9-13(12)14;1-2/h1-9H;1H2. The zero-order valence-electron chi connectivity index (χ0n) is 9.19. The molecular weight excluding hydrogens is 323 g/mol. The molecule has 2 heteroatoms. The van der Waals surface area contributed by atoms with Crippen molar-refractivity contribution in [2.45, 2.75) is 0 Å². The summed E-state index contributed by atoms with van der Waals surface area (Å²) in [5, 5.41) is 5.29. The van der Waals surface area contributed by atoms with Crippen molar-refractivity contribution in [2.24, 2.45) is 0 Å². The number of halogens is 1. The van der Waals surface area contributed by atoms with Gasteiger partial charge < -0.3 is 4.79 Å². The maximum Gasteiger partial charge on any atom is 0.106 e. The Hall–Kier alpha value is -1.42. The fourth-order valence-electron chi connectivity index (χ4n) is 1.93. The van der Waals surface area contributed by atoms with Crippen molar-refractivity contribution in [3.8, 4) is 0 Å². The monoisotopic (exact) mass is 334 g/mol. The van der Waals surface area contributed by atoms with Crippen LogP contribution in [-0.4, -0.2) is 6.79 Å². The third kappa shape index (κ3) is 2.31. The van der Waals surface area contributed by atoms with Gasteiger partial charge in [-0.25, -0.2) is 0 Å². The molecule has 0 saturated heterocycles. The second-order valence-corrected chi connectivity index (χ2v) is 4.82. The van der Waals surface area contributed by atoms with Crippen molar-refractivity contribution in [2.75, 3.05) is 0 Å². The van der Waals surface area contributed by atoms with Gasteiger partial charge in [0.05, 0.1) is 0 Å². The van der Waals surface area contributed by atoms with E-state index < -0.39 is 0 Å². The molecule has 3 aromatic carbocycles. The first-order chi connectivity index (χ1) is 8.34. The summed E-state index contributed by atoms with van der Waals surface area (Å²) >= 11 is 2.39. The second-order valence-electron chi connectivity index (χ2n) is 3.66. The minimum atomic E-state index is 1.31. The molecule has 0 N–H and O–H groups in total. The lowest BCUT2D eigenvalue weighted by Crippen LogP contribution is -1.78. The second kappa shape index (κ2) is 5.27. The zero-order valence-corrected chi connectivity index (χ0v) is 11.3. The van der Waals surface area contributed by atoms with E-state index in [9.17, 15) is 0 Å². The Morgan fingerprint density at radius 3 is 2.06 bits per heavy atom. The van der Waals surface area contributed by atoms with Crippen molar-refractivity contribution in [3.63, 3.8) is 0 Å². The van der Waals surface area contributed by atoms with E-state index in [0.717, 1.165) is 0 Å². The highest BCUT2D eigenvalue weighted by Crippen LogP contribution is 2.26. The van der Waals surface area contributed by atoms with Crippen LogP contribution in [0.2, 0.25) is 0 Å². The van der Waals surface area contributed by atoms with E-state index in [1.807, 2.05) is 6.79 Å². The molecule has 84 valence electrons. The fourth-order valence-corrected chi connectivity index (χ4v) is 2.60. The van der Waals surface area contributed by atoms with Crippen LogP contribution in [0.4, 0.5) is 0 Å². The average Bonchev–Trinajstić information content (AvgIpc) is 2.40. The van der Waals surface area contributed by atoms with Gasteiger partial charge in [-0.15, -0.1) is 0 Å². The normalized spacial score (nSPS) is 9.94. The minimum absolute atomic E-state index is 1.31. The molecule has 0 bridgehead atoms. The molecule has 0 saturated carbocycles. The van der Waals surface area contributed by atoms with Crippen LogP contribution in [0, 0.1) is 3.57 Å². The summed E-state index contributed by atoms with van der Waals surface area (Å²) in [6.07, 6.45) is 0. The first kappa shape index (κ1) is 12.0. The van der Waals surface area contributed by atoms with Crippen molar-refractivity contribution >= 4 is 50.9 Å². The maximum absolute atomic E-state index is 8.00. The lowest BCUT2D eigenvalue weighted by molar-refractivity contribution is -0.0979. The summed E-state index contributed by atoms with van der Waals surface area (Å²) in [5.74, 6) is 0. The molecule has 0 unspecified atom stereocenters. The van der Waals surface area contributed by atoms with Crippen LogP contribution < -0.4 is 0 Å². The Bertz CT molecular complexity index is 661. The van der Waals surface area contributed by atoms with E-state index in [1.165, 1.54) is 25.1 Å². The smallest absolute Gasteiger partial charge is 0.106 e. The van der Waals surface area contributed by atoms with Crippen LogP contribution >= 0.6 is 22.6 Å². The Morgan fingerprint density at radius 2 is 1.35 bits per heavy atom. The fraction of sp³-hybridized carbons (Fsp3) is 0. The Balaban J connectivity index is 0.000000514. The quantitative estimate of drug-likeness (QED) is 0.440. The number of benzene rings is 3. The predicted octanol–water partition coefficient (Wildman–Crippen LogP) is 4.41. The number of hydrogen-bond donors (Lipinski definition) is 0. The summed E-state index contributed by atoms with van der Waals surface area (Å²) in [4.78, 5) is 8.00. The SMILES string of the molecule is C=O.Ic1cccc2cc3ccccc3cc12. The molecular formula is C15H11IO. The molecule has 3 aromatic rings. The molecule has 0 fully saturated rings. The highest BCUT2D eigenvalue weighted by atomic mass is 127. The highest BCUT2D eigenvalue weighted by Gasteiger charge is 1.99. The number of carbonyl (C=O) groups is 1. The first-order valence-corrected chi connectivity index (χ1v) is 6.28. The van der Waals surface area contributed by atoms with Gasteiger partial charge >= 0.3 is 0 Å². The molecule has 3 rings (SSSR count). The number of rotatable bonds is 0. The van der Waals surface area contributed by atoms with Gasteiger partial charge in [0.25, 0.3) is 0 Å².